The molecule has 0 bridgehead atoms. The molecule has 0 amide bonds. The first-order chi connectivity index (χ1) is 7.26. The highest BCUT2D eigenvalue weighted by molar-refractivity contribution is 7.79. The van der Waals surface area contributed by atoms with Gasteiger partial charge in [-0.05, 0) is 13.8 Å². The molecule has 0 spiro atoms. The highest BCUT2D eigenvalue weighted by atomic mass is 32.2. The van der Waals surface area contributed by atoms with Crippen LogP contribution in [0.15, 0.2) is 24.3 Å². The minimum Gasteiger partial charge on any atom is -0.233 e. The highest BCUT2D eigenvalue weighted by Crippen LogP contribution is 2.39. The Hall–Kier alpha value is -1.20. The summed E-state index contributed by atoms with van der Waals surface area (Å²) >= 11 is 0. The number of hydrogen-bond acceptors (Lipinski definition) is 2. The van der Waals surface area contributed by atoms with Crippen LogP contribution in [0, 0.1) is 0 Å². The lowest BCUT2D eigenvalue weighted by atomic mass is 9.82. The maximum Gasteiger partial charge on any atom is 0.511 e. The van der Waals surface area contributed by atoms with E-state index in [2.05, 4.69) is 0 Å². The third kappa shape index (κ3) is 1.39. The fourth-order valence-electron chi connectivity index (χ4n) is 2.11. The minimum absolute atomic E-state index is 0.383. The van der Waals surface area contributed by atoms with E-state index >= 15 is 0 Å². The van der Waals surface area contributed by atoms with Crippen molar-refractivity contribution < 1.29 is 17.0 Å². The van der Waals surface area contributed by atoms with Crippen LogP contribution in [0.3, 0.4) is 0 Å². The van der Waals surface area contributed by atoms with E-state index in [0.29, 0.717) is 11.4 Å². The summed E-state index contributed by atoms with van der Waals surface area (Å²) in [6.07, 6.45) is 0. The van der Waals surface area contributed by atoms with Gasteiger partial charge >= 0.3 is 10.3 Å². The third-order valence-electron chi connectivity index (χ3n) is 3.24. The van der Waals surface area contributed by atoms with Gasteiger partial charge in [0.05, 0.1) is 5.41 Å². The van der Waals surface area contributed by atoms with Gasteiger partial charge in [0, 0.05) is 18.6 Å². The molecule has 16 heavy (non-hydrogen) atoms. The van der Waals surface area contributed by atoms with Crippen molar-refractivity contribution in [3.63, 3.8) is 0 Å². The molecule has 1 aliphatic rings. The first-order valence-electron chi connectivity index (χ1n) is 4.97. The molecule has 1 N–H and O–H groups in total. The lowest BCUT2D eigenvalue weighted by Crippen LogP contribution is -2.28. The molecule has 1 aliphatic heterocycles. The Labute approximate surface area is 95.1 Å². The molecule has 0 saturated heterocycles. The number of benzene rings is 1. The van der Waals surface area contributed by atoms with Gasteiger partial charge in [-0.2, -0.15) is 0 Å². The first-order valence-corrected chi connectivity index (χ1v) is 6.37. The standard InChI is InChI=1S/C11H13NO3S/c1-8-11(2,3)9-6-4-5-7-10(9)12(8)16(13,14)15/h4-7H,1-3H3/p+1. The van der Waals surface area contributed by atoms with Crippen LogP contribution in [-0.2, 0) is 15.7 Å². The largest absolute Gasteiger partial charge is 0.511 e. The van der Waals surface area contributed by atoms with E-state index in [9.17, 15) is 13.0 Å². The van der Waals surface area contributed by atoms with Crippen molar-refractivity contribution in [3.05, 3.63) is 29.8 Å². The van der Waals surface area contributed by atoms with Crippen LogP contribution < -0.4 is 0 Å². The SMILES string of the molecule is CC1=[N+](S(=O)(=O)O)c2ccccc2C1(C)C. The summed E-state index contributed by atoms with van der Waals surface area (Å²) in [6, 6.07) is 7.19. The first kappa shape index (κ1) is 11.3. The van der Waals surface area contributed by atoms with Crippen molar-refractivity contribution in [1.29, 1.82) is 0 Å². The predicted octanol–water partition coefficient (Wildman–Crippen LogP) is 1.89. The molecule has 1 aromatic carbocycles. The van der Waals surface area contributed by atoms with Crippen LogP contribution in [0.25, 0.3) is 0 Å². The van der Waals surface area contributed by atoms with Gasteiger partial charge in [-0.15, -0.1) is 8.42 Å². The molecule has 86 valence electrons. The summed E-state index contributed by atoms with van der Waals surface area (Å²) in [5, 5.41) is 0. The summed E-state index contributed by atoms with van der Waals surface area (Å²) in [5.74, 6) is 0. The van der Waals surface area contributed by atoms with Gasteiger partial charge in [0.2, 0.25) is 5.69 Å². The molecule has 0 unspecified atom stereocenters. The zero-order chi connectivity index (χ0) is 12.1. The Kier molecular flexibility index (Phi) is 2.22. The maximum atomic E-state index is 11.4. The van der Waals surface area contributed by atoms with Crippen molar-refractivity contribution in [2.24, 2.45) is 0 Å². The summed E-state index contributed by atoms with van der Waals surface area (Å²) in [7, 11) is -4.24. The third-order valence-corrected chi connectivity index (χ3v) is 4.17. The van der Waals surface area contributed by atoms with Crippen molar-refractivity contribution in [2.75, 3.05) is 0 Å². The van der Waals surface area contributed by atoms with Crippen LogP contribution in [0.2, 0.25) is 0 Å². The Morgan fingerprint density at radius 1 is 1.25 bits per heavy atom. The zero-order valence-corrected chi connectivity index (χ0v) is 10.2. The Morgan fingerprint density at radius 2 is 1.81 bits per heavy atom. The summed E-state index contributed by atoms with van der Waals surface area (Å²) < 4.78 is 33.0. The van der Waals surface area contributed by atoms with E-state index in [0.717, 1.165) is 9.54 Å². The second-order valence-corrected chi connectivity index (χ2v) is 5.73. The number of fused-ring (bicyclic) bond motifs is 1. The fourth-order valence-corrected chi connectivity index (χ4v) is 3.09. The van der Waals surface area contributed by atoms with Gasteiger partial charge in [-0.1, -0.05) is 22.2 Å². The highest BCUT2D eigenvalue weighted by Gasteiger charge is 2.47. The van der Waals surface area contributed by atoms with Crippen molar-refractivity contribution in [2.45, 2.75) is 26.2 Å². The topological polar surface area (TPSA) is 57.4 Å². The van der Waals surface area contributed by atoms with Gasteiger partial charge in [0.1, 0.15) is 0 Å². The van der Waals surface area contributed by atoms with Crippen LogP contribution in [0.1, 0.15) is 26.3 Å². The van der Waals surface area contributed by atoms with Gasteiger partial charge < -0.3 is 0 Å². The molecule has 5 heteroatoms. The Morgan fingerprint density at radius 3 is 2.38 bits per heavy atom. The zero-order valence-electron chi connectivity index (χ0n) is 9.43. The van der Waals surface area contributed by atoms with Gasteiger partial charge in [0.15, 0.2) is 5.71 Å². The molecule has 1 heterocycles. The summed E-state index contributed by atoms with van der Waals surface area (Å²) in [6.45, 7) is 5.59. The second kappa shape index (κ2) is 3.15. The average Bonchev–Trinajstić information content (AvgIpc) is 2.35. The normalized spacial score (nSPS) is 18.8. The van der Waals surface area contributed by atoms with E-state index in [1.54, 1.807) is 19.1 Å². The number of hydrogen-bond donors (Lipinski definition) is 1. The monoisotopic (exact) mass is 240 g/mol. The lowest BCUT2D eigenvalue weighted by Gasteiger charge is -2.13. The number of para-hydroxylation sites is 1. The van der Waals surface area contributed by atoms with Crippen LogP contribution in [0.4, 0.5) is 5.69 Å². The summed E-state index contributed by atoms with van der Waals surface area (Å²) in [4.78, 5) is 0. The van der Waals surface area contributed by atoms with Crippen molar-refractivity contribution in [1.82, 2.24) is 0 Å². The molecule has 0 aliphatic carbocycles. The minimum atomic E-state index is -4.24. The molecule has 2 rings (SSSR count). The quantitative estimate of drug-likeness (QED) is 0.602. The number of nitrogens with zero attached hydrogens (tertiary/aromatic N) is 1. The maximum absolute atomic E-state index is 11.4. The molecule has 4 nitrogen and oxygen atoms in total. The number of rotatable bonds is 1. The van der Waals surface area contributed by atoms with Gasteiger partial charge in [-0.25, -0.2) is 4.55 Å². The molecule has 0 fully saturated rings. The van der Waals surface area contributed by atoms with Gasteiger partial charge in [-0.3, -0.25) is 0 Å². The van der Waals surface area contributed by atoms with E-state index in [1.165, 1.54) is 0 Å². The van der Waals surface area contributed by atoms with E-state index in [4.69, 9.17) is 0 Å². The van der Waals surface area contributed by atoms with Crippen LogP contribution >= 0.6 is 0 Å². The van der Waals surface area contributed by atoms with Crippen LogP contribution in [0.5, 0.6) is 0 Å². The fraction of sp³-hybridized carbons (Fsp3) is 0.364. The molecule has 1 aromatic rings. The molecule has 0 saturated carbocycles. The molecular weight excluding hydrogens is 226 g/mol. The Bertz CT molecular complexity index is 585. The Balaban J connectivity index is 2.85. The van der Waals surface area contributed by atoms with Gasteiger partial charge in [0.25, 0.3) is 0 Å². The molecule has 0 radical (unpaired) electrons. The van der Waals surface area contributed by atoms with E-state index in [-0.39, 0.29) is 5.41 Å². The molecular formula is C11H14NO3S+. The smallest absolute Gasteiger partial charge is 0.233 e. The predicted molar refractivity (Wildman–Crippen MR) is 61.6 cm³/mol. The second-order valence-electron chi connectivity index (χ2n) is 4.47. The average molecular weight is 240 g/mol. The van der Waals surface area contributed by atoms with Crippen molar-refractivity contribution >= 4 is 21.7 Å². The lowest BCUT2D eigenvalue weighted by molar-refractivity contribution is -0.271. The molecule has 0 aromatic heterocycles. The van der Waals surface area contributed by atoms with E-state index < -0.39 is 10.3 Å². The molecule has 0 atom stereocenters. The summed E-state index contributed by atoms with van der Waals surface area (Å²) in [5.41, 5.74) is 1.67. The van der Waals surface area contributed by atoms with Crippen molar-refractivity contribution in [3.8, 4) is 0 Å². The van der Waals surface area contributed by atoms with E-state index in [1.807, 2.05) is 26.0 Å². The van der Waals surface area contributed by atoms with Crippen LogP contribution in [-0.4, -0.2) is 22.7 Å².